The monoisotopic (exact) mass is 356 g/mol. The Morgan fingerprint density at radius 3 is 2.76 bits per heavy atom. The molecule has 3 aromatic rings. The number of nitrogens with one attached hydrogen (secondary N) is 1. The summed E-state index contributed by atoms with van der Waals surface area (Å²) in [6.07, 6.45) is 0. The predicted octanol–water partition coefficient (Wildman–Crippen LogP) is 5.71. The van der Waals surface area contributed by atoms with Crippen LogP contribution in [0, 0.1) is 11.3 Å². The van der Waals surface area contributed by atoms with Gasteiger partial charge in [0.1, 0.15) is 6.07 Å². The number of anilines is 1. The van der Waals surface area contributed by atoms with E-state index in [0.29, 0.717) is 5.56 Å². The highest BCUT2D eigenvalue weighted by Crippen LogP contribution is 2.32. The Balaban J connectivity index is 1.89. The van der Waals surface area contributed by atoms with Crippen molar-refractivity contribution in [1.29, 1.82) is 5.26 Å². The first kappa shape index (κ1) is 14.1. The Bertz CT molecular complexity index is 799. The van der Waals surface area contributed by atoms with Crippen LogP contribution < -0.4 is 5.32 Å². The topological polar surface area (TPSA) is 35.8 Å². The molecule has 0 saturated heterocycles. The highest BCUT2D eigenvalue weighted by Gasteiger charge is 2.11. The molecule has 1 heterocycles. The molecule has 1 unspecified atom stereocenters. The molecule has 0 aliphatic heterocycles. The molecular weight excluding hydrogens is 344 g/mol. The first-order valence-electron chi connectivity index (χ1n) is 6.62. The second-order valence-corrected chi connectivity index (χ2v) is 6.89. The summed E-state index contributed by atoms with van der Waals surface area (Å²) in [5.74, 6) is 0. The average molecular weight is 357 g/mol. The van der Waals surface area contributed by atoms with Gasteiger partial charge in [-0.1, -0.05) is 34.1 Å². The number of thiophene rings is 1. The average Bonchev–Trinajstić information content (AvgIpc) is 2.93. The normalized spacial score (nSPS) is 12.0. The fourth-order valence-electron chi connectivity index (χ4n) is 2.26. The van der Waals surface area contributed by atoms with Crippen molar-refractivity contribution in [2.24, 2.45) is 0 Å². The number of rotatable bonds is 3. The van der Waals surface area contributed by atoms with Crippen LogP contribution in [0.15, 0.2) is 53.0 Å². The number of hydrogen-bond acceptors (Lipinski definition) is 3. The Hall–Kier alpha value is -1.83. The first-order valence-corrected chi connectivity index (χ1v) is 8.23. The molecule has 0 radical (unpaired) electrons. The summed E-state index contributed by atoms with van der Waals surface area (Å²) in [5, 5.41) is 13.9. The van der Waals surface area contributed by atoms with Gasteiger partial charge in [0, 0.05) is 14.0 Å². The number of benzene rings is 2. The van der Waals surface area contributed by atoms with Gasteiger partial charge < -0.3 is 5.32 Å². The molecule has 1 atom stereocenters. The van der Waals surface area contributed by atoms with Gasteiger partial charge in [-0.3, -0.25) is 0 Å². The molecule has 0 bridgehead atoms. The maximum Gasteiger partial charge on any atom is 0.101 e. The maximum atomic E-state index is 9.23. The summed E-state index contributed by atoms with van der Waals surface area (Å²) < 4.78 is 2.21. The number of halogens is 1. The molecule has 0 fully saturated rings. The molecule has 1 aromatic heterocycles. The van der Waals surface area contributed by atoms with E-state index in [9.17, 15) is 5.26 Å². The zero-order valence-electron chi connectivity index (χ0n) is 11.4. The van der Waals surface area contributed by atoms with Gasteiger partial charge in [-0.15, -0.1) is 11.3 Å². The third kappa shape index (κ3) is 2.94. The first-order chi connectivity index (χ1) is 10.2. The van der Waals surface area contributed by atoms with Crippen molar-refractivity contribution in [3.8, 4) is 6.07 Å². The SMILES string of the molecule is CC(Nc1ccc(Br)cc1C#N)c1cc2ccccc2s1. The van der Waals surface area contributed by atoms with Crippen LogP contribution in [-0.2, 0) is 0 Å². The second-order valence-electron chi connectivity index (χ2n) is 4.85. The molecular formula is C17H13BrN2S. The molecule has 0 aliphatic rings. The smallest absolute Gasteiger partial charge is 0.101 e. The van der Waals surface area contributed by atoms with Gasteiger partial charge in [-0.2, -0.15) is 5.26 Å². The standard InChI is InChI=1S/C17H13BrN2S/c1-11(17-9-12-4-2-3-5-16(12)21-17)20-15-7-6-14(18)8-13(15)10-19/h2-9,11,20H,1H3. The van der Waals surface area contributed by atoms with Crippen LogP contribution in [0.1, 0.15) is 23.4 Å². The van der Waals surface area contributed by atoms with E-state index in [1.54, 1.807) is 11.3 Å². The minimum Gasteiger partial charge on any atom is -0.377 e. The van der Waals surface area contributed by atoms with Gasteiger partial charge in [-0.05, 0) is 42.6 Å². The number of nitriles is 1. The zero-order chi connectivity index (χ0) is 14.8. The zero-order valence-corrected chi connectivity index (χ0v) is 13.8. The van der Waals surface area contributed by atoms with Gasteiger partial charge in [0.05, 0.1) is 17.3 Å². The van der Waals surface area contributed by atoms with Gasteiger partial charge >= 0.3 is 0 Å². The van der Waals surface area contributed by atoms with E-state index in [-0.39, 0.29) is 6.04 Å². The van der Waals surface area contributed by atoms with Gasteiger partial charge in [-0.25, -0.2) is 0 Å². The molecule has 21 heavy (non-hydrogen) atoms. The number of fused-ring (bicyclic) bond motifs is 1. The summed E-state index contributed by atoms with van der Waals surface area (Å²) >= 11 is 5.18. The molecule has 4 heteroatoms. The molecule has 0 saturated carbocycles. The summed E-state index contributed by atoms with van der Waals surface area (Å²) in [7, 11) is 0. The third-order valence-electron chi connectivity index (χ3n) is 3.35. The van der Waals surface area contributed by atoms with E-state index in [1.165, 1.54) is 15.0 Å². The van der Waals surface area contributed by atoms with E-state index >= 15 is 0 Å². The lowest BCUT2D eigenvalue weighted by molar-refractivity contribution is 0.908. The fourth-order valence-corrected chi connectivity index (χ4v) is 3.68. The highest BCUT2D eigenvalue weighted by molar-refractivity contribution is 9.10. The molecule has 2 aromatic carbocycles. The van der Waals surface area contributed by atoms with Crippen LogP contribution in [0.3, 0.4) is 0 Å². The predicted molar refractivity (Wildman–Crippen MR) is 92.7 cm³/mol. The fraction of sp³-hybridized carbons (Fsp3) is 0.118. The van der Waals surface area contributed by atoms with Crippen molar-refractivity contribution < 1.29 is 0 Å². The summed E-state index contributed by atoms with van der Waals surface area (Å²) in [6, 6.07) is 18.7. The van der Waals surface area contributed by atoms with Crippen molar-refractivity contribution in [3.05, 3.63) is 63.4 Å². The minimum atomic E-state index is 0.163. The highest BCUT2D eigenvalue weighted by atomic mass is 79.9. The molecule has 0 spiro atoms. The Morgan fingerprint density at radius 1 is 1.19 bits per heavy atom. The van der Waals surface area contributed by atoms with Crippen LogP contribution in [0.2, 0.25) is 0 Å². The van der Waals surface area contributed by atoms with E-state index < -0.39 is 0 Å². The summed E-state index contributed by atoms with van der Waals surface area (Å²) in [4.78, 5) is 1.27. The largest absolute Gasteiger partial charge is 0.377 e. The van der Waals surface area contributed by atoms with Gasteiger partial charge in [0.2, 0.25) is 0 Å². The molecule has 3 rings (SSSR count). The van der Waals surface area contributed by atoms with Crippen molar-refractivity contribution in [2.45, 2.75) is 13.0 Å². The summed E-state index contributed by atoms with van der Waals surface area (Å²) in [6.45, 7) is 2.12. The summed E-state index contributed by atoms with van der Waals surface area (Å²) in [5.41, 5.74) is 1.52. The lowest BCUT2D eigenvalue weighted by atomic mass is 10.1. The van der Waals surface area contributed by atoms with Crippen molar-refractivity contribution in [1.82, 2.24) is 0 Å². The quantitative estimate of drug-likeness (QED) is 0.652. The van der Waals surface area contributed by atoms with Crippen LogP contribution in [-0.4, -0.2) is 0 Å². The van der Waals surface area contributed by atoms with Crippen LogP contribution >= 0.6 is 27.3 Å². The Labute approximate surface area is 136 Å². The van der Waals surface area contributed by atoms with E-state index in [4.69, 9.17) is 0 Å². The Morgan fingerprint density at radius 2 is 2.00 bits per heavy atom. The molecule has 1 N–H and O–H groups in total. The van der Waals surface area contributed by atoms with Gasteiger partial charge in [0.25, 0.3) is 0 Å². The minimum absolute atomic E-state index is 0.163. The molecule has 0 amide bonds. The lowest BCUT2D eigenvalue weighted by Crippen LogP contribution is -2.06. The number of hydrogen-bond donors (Lipinski definition) is 1. The van der Waals surface area contributed by atoms with Crippen LogP contribution in [0.25, 0.3) is 10.1 Å². The van der Waals surface area contributed by atoms with Crippen molar-refractivity contribution >= 4 is 43.0 Å². The number of nitrogens with zero attached hydrogens (tertiary/aromatic N) is 1. The maximum absolute atomic E-state index is 9.23. The molecule has 104 valence electrons. The van der Waals surface area contributed by atoms with Crippen LogP contribution in [0.5, 0.6) is 0 Å². The van der Waals surface area contributed by atoms with Crippen LogP contribution in [0.4, 0.5) is 5.69 Å². The molecule has 0 aliphatic carbocycles. The Kier molecular flexibility index (Phi) is 3.96. The van der Waals surface area contributed by atoms with Crippen molar-refractivity contribution in [3.63, 3.8) is 0 Å². The van der Waals surface area contributed by atoms with Crippen molar-refractivity contribution in [2.75, 3.05) is 5.32 Å². The van der Waals surface area contributed by atoms with E-state index in [2.05, 4.69) is 64.6 Å². The second kappa shape index (κ2) is 5.88. The third-order valence-corrected chi connectivity index (χ3v) is 5.14. The van der Waals surface area contributed by atoms with E-state index in [0.717, 1.165) is 10.2 Å². The van der Waals surface area contributed by atoms with E-state index in [1.807, 2.05) is 18.2 Å². The molecule has 2 nitrogen and oxygen atoms in total. The van der Waals surface area contributed by atoms with Gasteiger partial charge in [0.15, 0.2) is 0 Å². The lowest BCUT2D eigenvalue weighted by Gasteiger charge is -2.15.